The van der Waals surface area contributed by atoms with Crippen LogP contribution in [0.15, 0.2) is 53.4 Å². The number of amides is 1. The highest BCUT2D eigenvalue weighted by molar-refractivity contribution is 7.89. The molecule has 2 aromatic rings. The molecule has 0 saturated carbocycles. The lowest BCUT2D eigenvalue weighted by Gasteiger charge is -2.36. The first kappa shape index (κ1) is 21.2. The second kappa shape index (κ2) is 8.96. The van der Waals surface area contributed by atoms with Gasteiger partial charge in [-0.1, -0.05) is 36.2 Å². The monoisotopic (exact) mass is 447 g/mol. The minimum Gasteiger partial charge on any atom is -0.368 e. The summed E-state index contributed by atoms with van der Waals surface area (Å²) in [7, 11) is -3.67. The number of piperidine rings is 1. The van der Waals surface area contributed by atoms with E-state index in [1.807, 2.05) is 24.3 Å². The van der Waals surface area contributed by atoms with E-state index in [0.29, 0.717) is 44.3 Å². The summed E-state index contributed by atoms with van der Waals surface area (Å²) in [6.45, 7) is 3.44. The highest BCUT2D eigenvalue weighted by Gasteiger charge is 2.32. The molecule has 1 amide bonds. The number of carbonyl (C=O) groups is 1. The summed E-state index contributed by atoms with van der Waals surface area (Å²) < 4.78 is 27.9. The van der Waals surface area contributed by atoms with E-state index in [9.17, 15) is 13.2 Å². The molecule has 2 saturated heterocycles. The zero-order chi connectivity index (χ0) is 21.1. The number of hydrogen-bond donors (Lipinski definition) is 0. The van der Waals surface area contributed by atoms with Crippen molar-refractivity contribution in [2.75, 3.05) is 44.2 Å². The van der Waals surface area contributed by atoms with E-state index in [4.69, 9.17) is 11.6 Å². The van der Waals surface area contributed by atoms with Gasteiger partial charge in [-0.05, 0) is 43.2 Å². The predicted molar refractivity (Wildman–Crippen MR) is 119 cm³/mol. The summed E-state index contributed by atoms with van der Waals surface area (Å²) in [5, 5.41) is 0.683. The molecule has 4 rings (SSSR count). The first-order chi connectivity index (χ1) is 14.5. The quantitative estimate of drug-likeness (QED) is 0.720. The number of piperazine rings is 1. The molecule has 0 spiro atoms. The third-order valence-corrected chi connectivity index (χ3v) is 7.98. The first-order valence-electron chi connectivity index (χ1n) is 10.4. The molecule has 8 heteroatoms. The standard InChI is InChI=1S/C22H26ClN3O3S/c23-18-7-6-8-19(17-18)24-13-15-25(16-14-24)22(27)20-9-2-3-10-21(20)30(28,29)26-11-4-1-5-12-26/h2-3,6-10,17H,1,4-5,11-16H2. The Morgan fingerprint density at radius 2 is 1.53 bits per heavy atom. The van der Waals surface area contributed by atoms with Crippen LogP contribution in [-0.4, -0.2) is 62.8 Å². The van der Waals surface area contributed by atoms with Gasteiger partial charge in [0.2, 0.25) is 10.0 Å². The smallest absolute Gasteiger partial charge is 0.255 e. The normalized spacial score (nSPS) is 18.4. The molecule has 0 radical (unpaired) electrons. The van der Waals surface area contributed by atoms with Crippen LogP contribution in [0.4, 0.5) is 5.69 Å². The number of nitrogens with zero attached hydrogens (tertiary/aromatic N) is 3. The summed E-state index contributed by atoms with van der Waals surface area (Å²) in [6, 6.07) is 14.3. The molecule has 0 aliphatic carbocycles. The third kappa shape index (κ3) is 4.33. The maximum atomic E-state index is 13.3. The topological polar surface area (TPSA) is 60.9 Å². The maximum absolute atomic E-state index is 13.3. The van der Waals surface area contributed by atoms with Crippen LogP contribution in [-0.2, 0) is 10.0 Å². The Bertz CT molecular complexity index is 1010. The van der Waals surface area contributed by atoms with Crippen molar-refractivity contribution in [1.82, 2.24) is 9.21 Å². The molecule has 2 aliphatic heterocycles. The van der Waals surface area contributed by atoms with Crippen LogP contribution in [0.5, 0.6) is 0 Å². The molecular weight excluding hydrogens is 422 g/mol. The van der Waals surface area contributed by atoms with Gasteiger partial charge < -0.3 is 9.80 Å². The van der Waals surface area contributed by atoms with Crippen LogP contribution in [0, 0.1) is 0 Å². The second-order valence-corrected chi connectivity index (χ2v) is 10.1. The Kier molecular flexibility index (Phi) is 6.32. The van der Waals surface area contributed by atoms with Crippen molar-refractivity contribution in [2.45, 2.75) is 24.2 Å². The van der Waals surface area contributed by atoms with Gasteiger partial charge in [-0.25, -0.2) is 8.42 Å². The molecule has 0 bridgehead atoms. The number of halogens is 1. The average Bonchev–Trinajstić information content (AvgIpc) is 2.79. The van der Waals surface area contributed by atoms with Crippen LogP contribution in [0.3, 0.4) is 0 Å². The Balaban J connectivity index is 1.51. The fourth-order valence-corrected chi connectivity index (χ4v) is 6.01. The van der Waals surface area contributed by atoms with Gasteiger partial charge in [-0.2, -0.15) is 4.31 Å². The van der Waals surface area contributed by atoms with Gasteiger partial charge >= 0.3 is 0 Å². The molecule has 0 aromatic heterocycles. The number of carbonyl (C=O) groups excluding carboxylic acids is 1. The minimum absolute atomic E-state index is 0.120. The second-order valence-electron chi connectivity index (χ2n) is 7.72. The van der Waals surface area contributed by atoms with Crippen molar-refractivity contribution in [3.05, 3.63) is 59.1 Å². The van der Waals surface area contributed by atoms with Crippen molar-refractivity contribution in [3.8, 4) is 0 Å². The first-order valence-corrected chi connectivity index (χ1v) is 12.2. The molecule has 0 N–H and O–H groups in total. The van der Waals surface area contributed by atoms with Crippen molar-refractivity contribution in [3.63, 3.8) is 0 Å². The van der Waals surface area contributed by atoms with Crippen LogP contribution < -0.4 is 4.90 Å². The molecule has 160 valence electrons. The van der Waals surface area contributed by atoms with Crippen molar-refractivity contribution < 1.29 is 13.2 Å². The van der Waals surface area contributed by atoms with Gasteiger partial charge in [-0.3, -0.25) is 4.79 Å². The van der Waals surface area contributed by atoms with E-state index in [0.717, 1.165) is 24.9 Å². The van der Waals surface area contributed by atoms with Crippen molar-refractivity contribution in [2.24, 2.45) is 0 Å². The van der Waals surface area contributed by atoms with Crippen LogP contribution in [0.25, 0.3) is 0 Å². The number of anilines is 1. The van der Waals surface area contributed by atoms with Crippen LogP contribution in [0.2, 0.25) is 5.02 Å². The Hall–Kier alpha value is -2.09. The zero-order valence-electron chi connectivity index (χ0n) is 16.8. The highest BCUT2D eigenvalue weighted by Crippen LogP contribution is 2.26. The molecule has 6 nitrogen and oxygen atoms in total. The summed E-state index contributed by atoms with van der Waals surface area (Å²) in [5.74, 6) is -0.225. The van der Waals surface area contributed by atoms with Gasteiger partial charge in [-0.15, -0.1) is 0 Å². The molecule has 2 fully saturated rings. The number of sulfonamides is 1. The van der Waals surface area contributed by atoms with Gasteiger partial charge in [0.1, 0.15) is 0 Å². The zero-order valence-corrected chi connectivity index (χ0v) is 18.4. The number of rotatable bonds is 4. The van der Waals surface area contributed by atoms with Crippen LogP contribution in [0.1, 0.15) is 29.6 Å². The summed E-state index contributed by atoms with van der Waals surface area (Å²) in [5.41, 5.74) is 1.29. The summed E-state index contributed by atoms with van der Waals surface area (Å²) in [6.07, 6.45) is 2.77. The lowest BCUT2D eigenvalue weighted by Crippen LogP contribution is -2.49. The largest absolute Gasteiger partial charge is 0.368 e. The van der Waals surface area contributed by atoms with Gasteiger partial charge in [0, 0.05) is 50.0 Å². The third-order valence-electron chi connectivity index (χ3n) is 5.79. The number of hydrogen-bond acceptors (Lipinski definition) is 4. The lowest BCUT2D eigenvalue weighted by molar-refractivity contribution is 0.0742. The molecule has 0 unspecified atom stereocenters. The molecular formula is C22H26ClN3O3S. The van der Waals surface area contributed by atoms with Crippen molar-refractivity contribution >= 4 is 33.2 Å². The van der Waals surface area contributed by atoms with Crippen molar-refractivity contribution in [1.29, 1.82) is 0 Å². The molecule has 2 aromatic carbocycles. The Morgan fingerprint density at radius 1 is 0.833 bits per heavy atom. The predicted octanol–water partition coefficient (Wildman–Crippen LogP) is 3.48. The molecule has 2 aliphatic rings. The van der Waals surface area contributed by atoms with Gasteiger partial charge in [0.25, 0.3) is 5.91 Å². The van der Waals surface area contributed by atoms with E-state index in [1.165, 1.54) is 4.31 Å². The SMILES string of the molecule is O=C(c1ccccc1S(=O)(=O)N1CCCCC1)N1CCN(c2cccc(Cl)c2)CC1. The van der Waals surface area contributed by atoms with Crippen LogP contribution >= 0.6 is 11.6 Å². The molecule has 0 atom stereocenters. The van der Waals surface area contributed by atoms with Gasteiger partial charge in [0.05, 0.1) is 10.5 Å². The summed E-state index contributed by atoms with van der Waals surface area (Å²) in [4.78, 5) is 17.3. The fourth-order valence-electron chi connectivity index (χ4n) is 4.12. The van der Waals surface area contributed by atoms with E-state index in [2.05, 4.69) is 4.90 Å². The number of benzene rings is 2. The highest BCUT2D eigenvalue weighted by atomic mass is 35.5. The van der Waals surface area contributed by atoms with E-state index in [-0.39, 0.29) is 16.4 Å². The maximum Gasteiger partial charge on any atom is 0.255 e. The fraction of sp³-hybridized carbons (Fsp3) is 0.409. The Labute approximate surface area is 183 Å². The Morgan fingerprint density at radius 3 is 2.23 bits per heavy atom. The van der Waals surface area contributed by atoms with E-state index >= 15 is 0 Å². The molecule has 30 heavy (non-hydrogen) atoms. The summed E-state index contributed by atoms with van der Waals surface area (Å²) >= 11 is 6.10. The van der Waals surface area contributed by atoms with E-state index in [1.54, 1.807) is 29.2 Å². The van der Waals surface area contributed by atoms with E-state index < -0.39 is 10.0 Å². The minimum atomic E-state index is -3.67. The van der Waals surface area contributed by atoms with Gasteiger partial charge in [0.15, 0.2) is 0 Å². The molecule has 2 heterocycles. The average molecular weight is 448 g/mol. The lowest BCUT2D eigenvalue weighted by atomic mass is 10.1.